The summed E-state index contributed by atoms with van der Waals surface area (Å²) in [5.41, 5.74) is 9.21. The Bertz CT molecular complexity index is 458. The summed E-state index contributed by atoms with van der Waals surface area (Å²) in [5.74, 6) is 0.872. The maximum absolute atomic E-state index is 5.62. The molecule has 0 aliphatic rings. The average molecular weight is 256 g/mol. The second-order valence-corrected chi connectivity index (χ2v) is 4.44. The molecule has 0 radical (unpaired) electrons. The number of ether oxygens (including phenoxy) is 1. The standard InChI is InChI=1S/C16H20N2O/c1-18-16(13-5-3-12(11-17)4-6-13)14-7-9-15(19-2)10-8-14/h3-10,16,18H,11,17H2,1-2H3. The molecule has 1 unspecified atom stereocenters. The van der Waals surface area contributed by atoms with E-state index in [0.717, 1.165) is 11.3 Å². The summed E-state index contributed by atoms with van der Waals surface area (Å²) in [6.45, 7) is 0.576. The molecular weight excluding hydrogens is 236 g/mol. The highest BCUT2D eigenvalue weighted by molar-refractivity contribution is 5.36. The molecule has 0 spiro atoms. The van der Waals surface area contributed by atoms with E-state index in [0.29, 0.717) is 6.54 Å². The predicted octanol–water partition coefficient (Wildman–Crippen LogP) is 2.46. The Morgan fingerprint density at radius 1 is 1.00 bits per heavy atom. The van der Waals surface area contributed by atoms with Crippen molar-refractivity contribution < 1.29 is 4.74 Å². The SMILES string of the molecule is CNC(c1ccc(CN)cc1)c1ccc(OC)cc1. The van der Waals surface area contributed by atoms with Crippen LogP contribution in [0.1, 0.15) is 22.7 Å². The van der Waals surface area contributed by atoms with Gasteiger partial charge in [-0.1, -0.05) is 36.4 Å². The fourth-order valence-electron chi connectivity index (χ4n) is 2.17. The van der Waals surface area contributed by atoms with Crippen LogP contribution in [0, 0.1) is 0 Å². The van der Waals surface area contributed by atoms with Crippen LogP contribution in [0.4, 0.5) is 0 Å². The van der Waals surface area contributed by atoms with Crippen molar-refractivity contribution in [1.82, 2.24) is 5.32 Å². The molecule has 19 heavy (non-hydrogen) atoms. The molecule has 0 aliphatic carbocycles. The van der Waals surface area contributed by atoms with Gasteiger partial charge in [-0.25, -0.2) is 0 Å². The van der Waals surface area contributed by atoms with Crippen LogP contribution in [0.25, 0.3) is 0 Å². The van der Waals surface area contributed by atoms with E-state index in [1.807, 2.05) is 19.2 Å². The van der Waals surface area contributed by atoms with E-state index in [2.05, 4.69) is 41.7 Å². The normalized spacial score (nSPS) is 12.2. The van der Waals surface area contributed by atoms with Crippen LogP contribution in [0.15, 0.2) is 48.5 Å². The molecule has 3 N–H and O–H groups in total. The monoisotopic (exact) mass is 256 g/mol. The van der Waals surface area contributed by atoms with Crippen LogP contribution in [0.3, 0.4) is 0 Å². The van der Waals surface area contributed by atoms with Crippen molar-refractivity contribution in [3.63, 3.8) is 0 Å². The Labute approximate surface area is 114 Å². The van der Waals surface area contributed by atoms with Gasteiger partial charge in [0.25, 0.3) is 0 Å². The van der Waals surface area contributed by atoms with Crippen molar-refractivity contribution in [2.75, 3.05) is 14.2 Å². The lowest BCUT2D eigenvalue weighted by molar-refractivity contribution is 0.414. The lowest BCUT2D eigenvalue weighted by atomic mass is 9.98. The van der Waals surface area contributed by atoms with E-state index in [1.54, 1.807) is 7.11 Å². The van der Waals surface area contributed by atoms with Crippen LogP contribution in [0.2, 0.25) is 0 Å². The molecule has 0 bridgehead atoms. The van der Waals surface area contributed by atoms with Crippen molar-refractivity contribution >= 4 is 0 Å². The van der Waals surface area contributed by atoms with Gasteiger partial charge in [-0.05, 0) is 35.9 Å². The van der Waals surface area contributed by atoms with Crippen LogP contribution in [-0.2, 0) is 6.54 Å². The van der Waals surface area contributed by atoms with E-state index >= 15 is 0 Å². The van der Waals surface area contributed by atoms with Crippen LogP contribution < -0.4 is 15.8 Å². The Morgan fingerprint density at radius 3 is 1.95 bits per heavy atom. The first-order valence-corrected chi connectivity index (χ1v) is 6.38. The van der Waals surface area contributed by atoms with Crippen LogP contribution in [-0.4, -0.2) is 14.2 Å². The number of hydrogen-bond acceptors (Lipinski definition) is 3. The Morgan fingerprint density at radius 2 is 1.53 bits per heavy atom. The van der Waals surface area contributed by atoms with Crippen molar-refractivity contribution in [3.8, 4) is 5.75 Å². The molecule has 0 amide bonds. The minimum atomic E-state index is 0.178. The van der Waals surface area contributed by atoms with Gasteiger partial charge in [-0.3, -0.25) is 0 Å². The number of nitrogens with two attached hydrogens (primary N) is 1. The quantitative estimate of drug-likeness (QED) is 0.864. The van der Waals surface area contributed by atoms with Crippen molar-refractivity contribution in [1.29, 1.82) is 0 Å². The van der Waals surface area contributed by atoms with Crippen LogP contribution >= 0.6 is 0 Å². The zero-order chi connectivity index (χ0) is 13.7. The summed E-state index contributed by atoms with van der Waals surface area (Å²) in [4.78, 5) is 0. The fourth-order valence-corrected chi connectivity index (χ4v) is 2.17. The topological polar surface area (TPSA) is 47.3 Å². The third-order valence-electron chi connectivity index (χ3n) is 3.29. The minimum Gasteiger partial charge on any atom is -0.497 e. The van der Waals surface area contributed by atoms with E-state index in [9.17, 15) is 0 Å². The predicted molar refractivity (Wildman–Crippen MR) is 78.2 cm³/mol. The van der Waals surface area contributed by atoms with Gasteiger partial charge >= 0.3 is 0 Å². The Balaban J connectivity index is 2.26. The van der Waals surface area contributed by atoms with E-state index in [-0.39, 0.29) is 6.04 Å². The molecule has 0 heterocycles. The van der Waals surface area contributed by atoms with Gasteiger partial charge in [0, 0.05) is 6.54 Å². The summed E-state index contributed by atoms with van der Waals surface area (Å²) in [5, 5.41) is 3.34. The summed E-state index contributed by atoms with van der Waals surface area (Å²) in [6, 6.07) is 16.7. The number of rotatable bonds is 5. The zero-order valence-electron chi connectivity index (χ0n) is 11.4. The van der Waals surface area contributed by atoms with Gasteiger partial charge in [0.1, 0.15) is 5.75 Å². The van der Waals surface area contributed by atoms with E-state index in [1.165, 1.54) is 11.1 Å². The zero-order valence-corrected chi connectivity index (χ0v) is 11.4. The molecule has 0 fully saturated rings. The first kappa shape index (κ1) is 13.6. The largest absolute Gasteiger partial charge is 0.497 e. The summed E-state index contributed by atoms with van der Waals surface area (Å²) < 4.78 is 5.18. The summed E-state index contributed by atoms with van der Waals surface area (Å²) in [6.07, 6.45) is 0. The molecule has 1 atom stereocenters. The third-order valence-corrected chi connectivity index (χ3v) is 3.29. The number of benzene rings is 2. The third kappa shape index (κ3) is 3.13. The smallest absolute Gasteiger partial charge is 0.118 e. The first-order valence-electron chi connectivity index (χ1n) is 6.38. The number of methoxy groups -OCH3 is 1. The van der Waals surface area contributed by atoms with Crippen molar-refractivity contribution in [2.45, 2.75) is 12.6 Å². The molecule has 0 saturated carbocycles. The van der Waals surface area contributed by atoms with Gasteiger partial charge in [-0.2, -0.15) is 0 Å². The molecular formula is C16H20N2O. The van der Waals surface area contributed by atoms with Gasteiger partial charge in [-0.15, -0.1) is 0 Å². The maximum Gasteiger partial charge on any atom is 0.118 e. The van der Waals surface area contributed by atoms with E-state index in [4.69, 9.17) is 10.5 Å². The molecule has 100 valence electrons. The Hall–Kier alpha value is -1.84. The van der Waals surface area contributed by atoms with E-state index < -0.39 is 0 Å². The molecule has 0 saturated heterocycles. The molecule has 3 nitrogen and oxygen atoms in total. The molecule has 0 aliphatic heterocycles. The fraction of sp³-hybridized carbons (Fsp3) is 0.250. The molecule has 3 heteroatoms. The summed E-state index contributed by atoms with van der Waals surface area (Å²) in [7, 11) is 3.64. The van der Waals surface area contributed by atoms with Gasteiger partial charge in [0.05, 0.1) is 13.2 Å². The van der Waals surface area contributed by atoms with Gasteiger partial charge in [0.15, 0.2) is 0 Å². The second kappa shape index (κ2) is 6.36. The minimum absolute atomic E-state index is 0.178. The van der Waals surface area contributed by atoms with Gasteiger partial charge in [0.2, 0.25) is 0 Å². The highest BCUT2D eigenvalue weighted by Gasteiger charge is 2.11. The number of hydrogen-bond donors (Lipinski definition) is 2. The second-order valence-electron chi connectivity index (χ2n) is 4.44. The molecule has 2 aromatic rings. The number of nitrogens with one attached hydrogen (secondary N) is 1. The van der Waals surface area contributed by atoms with Crippen molar-refractivity contribution in [3.05, 3.63) is 65.2 Å². The molecule has 2 aromatic carbocycles. The summed E-state index contributed by atoms with van der Waals surface area (Å²) >= 11 is 0. The lowest BCUT2D eigenvalue weighted by Crippen LogP contribution is -2.17. The van der Waals surface area contributed by atoms with Gasteiger partial charge < -0.3 is 15.8 Å². The Kier molecular flexibility index (Phi) is 4.55. The van der Waals surface area contributed by atoms with Crippen LogP contribution in [0.5, 0.6) is 5.75 Å². The highest BCUT2D eigenvalue weighted by atomic mass is 16.5. The lowest BCUT2D eigenvalue weighted by Gasteiger charge is -2.18. The maximum atomic E-state index is 5.62. The molecule has 0 aromatic heterocycles. The highest BCUT2D eigenvalue weighted by Crippen LogP contribution is 2.24. The molecule has 2 rings (SSSR count). The first-order chi connectivity index (χ1) is 9.28. The van der Waals surface area contributed by atoms with Crippen molar-refractivity contribution in [2.24, 2.45) is 5.73 Å². The average Bonchev–Trinajstić information content (AvgIpc) is 2.49.